The van der Waals surface area contributed by atoms with E-state index in [4.69, 9.17) is 5.73 Å². The first-order valence-corrected chi connectivity index (χ1v) is 6.38. The molecule has 0 heterocycles. The van der Waals surface area contributed by atoms with E-state index in [0.29, 0.717) is 17.7 Å². The van der Waals surface area contributed by atoms with Gasteiger partial charge in [0.1, 0.15) is 5.82 Å². The van der Waals surface area contributed by atoms with Gasteiger partial charge in [0.25, 0.3) is 0 Å². The normalized spacial score (nSPS) is 21.8. The molecular weight excluding hydrogens is 267 g/mol. The van der Waals surface area contributed by atoms with Gasteiger partial charge in [0.15, 0.2) is 0 Å². The third-order valence-electron chi connectivity index (χ3n) is 3.62. The van der Waals surface area contributed by atoms with Crippen molar-refractivity contribution in [1.29, 1.82) is 0 Å². The van der Waals surface area contributed by atoms with Gasteiger partial charge in [-0.3, -0.25) is 4.79 Å². The number of nitrogens with one attached hydrogen (secondary N) is 1. The second-order valence-electron chi connectivity index (χ2n) is 5.07. The van der Waals surface area contributed by atoms with E-state index < -0.39 is 0 Å². The van der Waals surface area contributed by atoms with Crippen molar-refractivity contribution in [3.8, 4) is 0 Å². The van der Waals surface area contributed by atoms with Gasteiger partial charge in [0, 0.05) is 18.2 Å². The lowest BCUT2D eigenvalue weighted by atomic mass is 10.00. The van der Waals surface area contributed by atoms with E-state index in [1.165, 1.54) is 6.07 Å². The summed E-state index contributed by atoms with van der Waals surface area (Å²) in [5, 5.41) is 2.72. The van der Waals surface area contributed by atoms with E-state index in [1.807, 2.05) is 0 Å². The van der Waals surface area contributed by atoms with Crippen LogP contribution in [0.1, 0.15) is 31.2 Å². The molecule has 0 spiro atoms. The number of benzene rings is 1. The zero-order valence-corrected chi connectivity index (χ0v) is 11.8. The van der Waals surface area contributed by atoms with Crippen LogP contribution < -0.4 is 11.1 Å². The van der Waals surface area contributed by atoms with Gasteiger partial charge in [0.2, 0.25) is 5.91 Å². The quantitative estimate of drug-likeness (QED) is 0.897. The number of hydrogen-bond donors (Lipinski definition) is 2. The summed E-state index contributed by atoms with van der Waals surface area (Å²) in [5.74, 6) is -0.119. The third-order valence-corrected chi connectivity index (χ3v) is 3.62. The highest BCUT2D eigenvalue weighted by atomic mass is 35.5. The summed E-state index contributed by atoms with van der Waals surface area (Å²) in [7, 11) is 0. The van der Waals surface area contributed by atoms with Gasteiger partial charge in [-0.15, -0.1) is 12.4 Å². The fourth-order valence-electron chi connectivity index (χ4n) is 2.44. The molecule has 1 aliphatic rings. The number of hydrogen-bond acceptors (Lipinski definition) is 2. The molecule has 5 heteroatoms. The van der Waals surface area contributed by atoms with Crippen LogP contribution in [0.2, 0.25) is 0 Å². The summed E-state index contributed by atoms with van der Waals surface area (Å²) in [6.07, 6.45) is 3.53. The Hall–Kier alpha value is -1.13. The average Bonchev–Trinajstić information content (AvgIpc) is 2.70. The maximum atomic E-state index is 13.3. The van der Waals surface area contributed by atoms with Crippen molar-refractivity contribution in [2.24, 2.45) is 11.7 Å². The number of rotatable bonds is 3. The molecule has 3 N–H and O–H groups in total. The number of nitrogens with two attached hydrogens (primary N) is 1. The smallest absolute Gasteiger partial charge is 0.224 e. The molecule has 1 aliphatic carbocycles. The molecule has 0 aliphatic heterocycles. The van der Waals surface area contributed by atoms with Crippen LogP contribution >= 0.6 is 12.4 Å². The van der Waals surface area contributed by atoms with Gasteiger partial charge < -0.3 is 11.1 Å². The van der Waals surface area contributed by atoms with Gasteiger partial charge >= 0.3 is 0 Å². The number of anilines is 1. The Labute approximate surface area is 119 Å². The number of halogens is 2. The summed E-state index contributed by atoms with van der Waals surface area (Å²) in [4.78, 5) is 11.8. The van der Waals surface area contributed by atoms with Gasteiger partial charge in [-0.05, 0) is 43.4 Å². The highest BCUT2D eigenvalue weighted by Gasteiger charge is 2.25. The zero-order valence-electron chi connectivity index (χ0n) is 11.0. The minimum Gasteiger partial charge on any atom is -0.327 e. The summed E-state index contributed by atoms with van der Waals surface area (Å²) < 4.78 is 13.3. The second-order valence-corrected chi connectivity index (χ2v) is 5.07. The Morgan fingerprint density at radius 3 is 2.79 bits per heavy atom. The summed E-state index contributed by atoms with van der Waals surface area (Å²) in [6, 6.07) is 4.85. The topological polar surface area (TPSA) is 55.1 Å². The highest BCUT2D eigenvalue weighted by molar-refractivity contribution is 5.90. The fourth-order valence-corrected chi connectivity index (χ4v) is 2.44. The van der Waals surface area contributed by atoms with Crippen LogP contribution in [0.5, 0.6) is 0 Å². The highest BCUT2D eigenvalue weighted by Crippen LogP contribution is 2.27. The maximum absolute atomic E-state index is 13.3. The molecule has 0 aromatic heterocycles. The van der Waals surface area contributed by atoms with Crippen LogP contribution in [0.4, 0.5) is 10.1 Å². The van der Waals surface area contributed by atoms with Gasteiger partial charge in [0.05, 0.1) is 0 Å². The first-order chi connectivity index (χ1) is 8.56. The predicted octanol–water partition coefficient (Wildman–Crippen LogP) is 3.01. The van der Waals surface area contributed by atoms with Crippen molar-refractivity contribution in [3.05, 3.63) is 29.6 Å². The van der Waals surface area contributed by atoms with Crippen LogP contribution in [0.25, 0.3) is 0 Å². The van der Waals surface area contributed by atoms with Crippen molar-refractivity contribution in [3.63, 3.8) is 0 Å². The average molecular weight is 287 g/mol. The lowest BCUT2D eigenvalue weighted by Crippen LogP contribution is -2.28. The van der Waals surface area contributed by atoms with Gasteiger partial charge in [-0.1, -0.05) is 12.5 Å². The van der Waals surface area contributed by atoms with Crippen LogP contribution in [0.15, 0.2) is 18.2 Å². The molecule has 0 unspecified atom stereocenters. The Kier molecular flexibility index (Phi) is 5.76. The first-order valence-electron chi connectivity index (χ1n) is 6.38. The van der Waals surface area contributed by atoms with Crippen molar-refractivity contribution in [2.45, 2.75) is 38.6 Å². The van der Waals surface area contributed by atoms with Crippen molar-refractivity contribution in [1.82, 2.24) is 0 Å². The zero-order chi connectivity index (χ0) is 13.1. The van der Waals surface area contributed by atoms with E-state index in [1.54, 1.807) is 19.1 Å². The SMILES string of the molecule is Cc1ccc(NC(=O)C[C@@H]2CCC[C@H]2N)cc1F.Cl. The molecule has 0 radical (unpaired) electrons. The molecule has 3 nitrogen and oxygen atoms in total. The molecule has 1 aromatic rings. The predicted molar refractivity (Wildman–Crippen MR) is 76.9 cm³/mol. The number of carbonyl (C=O) groups excluding carboxylic acids is 1. The van der Waals surface area contributed by atoms with Gasteiger partial charge in [-0.25, -0.2) is 4.39 Å². The Morgan fingerprint density at radius 2 is 2.21 bits per heavy atom. The van der Waals surface area contributed by atoms with Crippen LogP contribution in [-0.4, -0.2) is 11.9 Å². The van der Waals surface area contributed by atoms with Crippen LogP contribution in [-0.2, 0) is 4.79 Å². The monoisotopic (exact) mass is 286 g/mol. The molecule has 0 bridgehead atoms. The van der Waals surface area contributed by atoms with Crippen LogP contribution in [0, 0.1) is 18.7 Å². The minimum absolute atomic E-state index is 0. The number of carbonyl (C=O) groups is 1. The third kappa shape index (κ3) is 4.18. The number of amides is 1. The van der Waals surface area contributed by atoms with E-state index in [9.17, 15) is 9.18 Å². The molecule has 19 heavy (non-hydrogen) atoms. The van der Waals surface area contributed by atoms with E-state index in [-0.39, 0.29) is 36.1 Å². The van der Waals surface area contributed by atoms with Gasteiger partial charge in [-0.2, -0.15) is 0 Å². The molecular formula is C14H20ClFN2O. The lowest BCUT2D eigenvalue weighted by Gasteiger charge is -2.14. The Morgan fingerprint density at radius 1 is 1.47 bits per heavy atom. The molecule has 0 saturated heterocycles. The van der Waals surface area contributed by atoms with E-state index in [0.717, 1.165) is 19.3 Å². The maximum Gasteiger partial charge on any atom is 0.224 e. The van der Waals surface area contributed by atoms with Crippen molar-refractivity contribution in [2.75, 3.05) is 5.32 Å². The summed E-state index contributed by atoms with van der Waals surface area (Å²) >= 11 is 0. The Balaban J connectivity index is 0.00000180. The molecule has 106 valence electrons. The molecule has 1 saturated carbocycles. The standard InChI is InChI=1S/C14H19FN2O.ClH/c1-9-5-6-11(8-12(9)15)17-14(18)7-10-3-2-4-13(10)16;/h5-6,8,10,13H,2-4,7,16H2,1H3,(H,17,18);1H/t10-,13+;/m0./s1. The van der Waals surface area contributed by atoms with Crippen molar-refractivity contribution < 1.29 is 9.18 Å². The van der Waals surface area contributed by atoms with E-state index >= 15 is 0 Å². The minimum atomic E-state index is -0.301. The van der Waals surface area contributed by atoms with Crippen molar-refractivity contribution >= 4 is 24.0 Å². The molecule has 2 atom stereocenters. The van der Waals surface area contributed by atoms with Crippen LogP contribution in [0.3, 0.4) is 0 Å². The fraction of sp³-hybridized carbons (Fsp3) is 0.500. The lowest BCUT2D eigenvalue weighted by molar-refractivity contribution is -0.117. The first kappa shape index (κ1) is 15.9. The van der Waals surface area contributed by atoms with E-state index in [2.05, 4.69) is 5.32 Å². The number of aryl methyl sites for hydroxylation is 1. The molecule has 1 fully saturated rings. The second kappa shape index (κ2) is 6.87. The Bertz CT molecular complexity index is 453. The summed E-state index contributed by atoms with van der Waals surface area (Å²) in [6.45, 7) is 1.69. The molecule has 1 aromatic carbocycles. The molecule has 1 amide bonds. The largest absolute Gasteiger partial charge is 0.327 e. The summed E-state index contributed by atoms with van der Waals surface area (Å²) in [5.41, 5.74) is 7.01. The molecule has 2 rings (SSSR count).